The molecule has 3 atom stereocenters. The molecule has 0 aromatic heterocycles. The van der Waals surface area contributed by atoms with E-state index in [1.807, 2.05) is 13.8 Å². The summed E-state index contributed by atoms with van der Waals surface area (Å²) in [5, 5.41) is 16.0. The Bertz CT molecular complexity index is 644. The van der Waals surface area contributed by atoms with E-state index >= 15 is 0 Å². The first-order valence-electron chi connectivity index (χ1n) is 9.05. The zero-order valence-electron chi connectivity index (χ0n) is 16.0. The Balaban J connectivity index is 2.81. The minimum Gasteiger partial charge on any atom is -0.391 e. The highest BCUT2D eigenvalue weighted by Gasteiger charge is 2.24. The molecule has 0 fully saturated rings. The standard InChI is InChI=1S/C20H28F2N2O3/c1-4-6-7-20(27)24-17(5-2)12-19(26)18(23-13(3)25)10-14-8-15(21)11-16(22)9-14/h4,6,8-9,11,17-19,26H,5,7,10,12H2,1-3H3,(H,23,25)(H,24,27)/b6-4+/t17?,18-,19-/m0/s1. The Kier molecular flexibility index (Phi) is 9.64. The topological polar surface area (TPSA) is 78.4 Å². The molecule has 27 heavy (non-hydrogen) atoms. The first-order valence-corrected chi connectivity index (χ1v) is 9.05. The molecule has 0 saturated heterocycles. The van der Waals surface area contributed by atoms with E-state index in [9.17, 15) is 23.5 Å². The first kappa shape index (κ1) is 22.8. The lowest BCUT2D eigenvalue weighted by Crippen LogP contribution is -2.47. The van der Waals surface area contributed by atoms with Gasteiger partial charge < -0.3 is 15.7 Å². The Morgan fingerprint density at radius 3 is 2.33 bits per heavy atom. The van der Waals surface area contributed by atoms with Crippen molar-refractivity contribution in [3.05, 3.63) is 47.5 Å². The minimum atomic E-state index is -0.993. The van der Waals surface area contributed by atoms with Gasteiger partial charge in [0.25, 0.3) is 0 Å². The lowest BCUT2D eigenvalue weighted by atomic mass is 9.95. The monoisotopic (exact) mass is 382 g/mol. The van der Waals surface area contributed by atoms with E-state index in [1.165, 1.54) is 19.1 Å². The van der Waals surface area contributed by atoms with Crippen LogP contribution in [-0.2, 0) is 16.0 Å². The van der Waals surface area contributed by atoms with Gasteiger partial charge in [0.05, 0.1) is 12.1 Å². The average Bonchev–Trinajstić information content (AvgIpc) is 2.57. The summed E-state index contributed by atoms with van der Waals surface area (Å²) < 4.78 is 26.8. The van der Waals surface area contributed by atoms with Gasteiger partial charge in [-0.2, -0.15) is 0 Å². The molecule has 0 saturated carbocycles. The molecule has 0 aliphatic rings. The number of benzene rings is 1. The van der Waals surface area contributed by atoms with Gasteiger partial charge in [-0.3, -0.25) is 9.59 Å². The molecule has 0 heterocycles. The molecule has 3 N–H and O–H groups in total. The Morgan fingerprint density at radius 2 is 1.81 bits per heavy atom. The average molecular weight is 382 g/mol. The Labute approximate surface area is 158 Å². The van der Waals surface area contributed by atoms with Crippen LogP contribution < -0.4 is 10.6 Å². The largest absolute Gasteiger partial charge is 0.391 e. The van der Waals surface area contributed by atoms with Crippen molar-refractivity contribution in [3.8, 4) is 0 Å². The number of aliphatic hydroxyl groups is 1. The number of allylic oxidation sites excluding steroid dienone is 1. The number of amides is 2. The third-order valence-corrected chi connectivity index (χ3v) is 4.15. The van der Waals surface area contributed by atoms with E-state index < -0.39 is 23.8 Å². The highest BCUT2D eigenvalue weighted by Crippen LogP contribution is 2.15. The SMILES string of the molecule is C/C=C/CC(=O)NC(CC)C[C@H](O)[C@H](Cc1cc(F)cc(F)c1)NC(C)=O. The van der Waals surface area contributed by atoms with Gasteiger partial charge in [-0.25, -0.2) is 8.78 Å². The van der Waals surface area contributed by atoms with Gasteiger partial charge in [0.15, 0.2) is 0 Å². The molecular formula is C20H28F2N2O3. The molecule has 0 aliphatic heterocycles. The van der Waals surface area contributed by atoms with Gasteiger partial charge in [-0.15, -0.1) is 0 Å². The molecule has 1 rings (SSSR count). The normalized spacial score (nSPS) is 14.6. The number of carbonyl (C=O) groups excluding carboxylic acids is 2. The van der Waals surface area contributed by atoms with Gasteiger partial charge in [0.2, 0.25) is 11.8 Å². The summed E-state index contributed by atoms with van der Waals surface area (Å²) in [6, 6.07) is 2.09. The van der Waals surface area contributed by atoms with Crippen LogP contribution in [0.25, 0.3) is 0 Å². The van der Waals surface area contributed by atoms with Crippen LogP contribution >= 0.6 is 0 Å². The summed E-state index contributed by atoms with van der Waals surface area (Å²) in [5.41, 5.74) is 0.329. The van der Waals surface area contributed by atoms with Crippen LogP contribution in [0.4, 0.5) is 8.78 Å². The van der Waals surface area contributed by atoms with Crippen molar-refractivity contribution in [3.63, 3.8) is 0 Å². The van der Waals surface area contributed by atoms with Gasteiger partial charge in [0, 0.05) is 25.5 Å². The van der Waals surface area contributed by atoms with E-state index in [0.29, 0.717) is 12.0 Å². The van der Waals surface area contributed by atoms with Crippen molar-refractivity contribution < 1.29 is 23.5 Å². The van der Waals surface area contributed by atoms with Crippen LogP contribution in [0.15, 0.2) is 30.4 Å². The fourth-order valence-electron chi connectivity index (χ4n) is 2.82. The number of hydrogen-bond donors (Lipinski definition) is 3. The van der Waals surface area contributed by atoms with Gasteiger partial charge >= 0.3 is 0 Å². The summed E-state index contributed by atoms with van der Waals surface area (Å²) in [7, 11) is 0. The molecule has 1 unspecified atom stereocenters. The zero-order chi connectivity index (χ0) is 20.4. The number of carbonyl (C=O) groups is 2. The molecule has 1 aromatic rings. The number of nitrogens with one attached hydrogen (secondary N) is 2. The van der Waals surface area contributed by atoms with Crippen LogP contribution in [0.2, 0.25) is 0 Å². The molecule has 5 nitrogen and oxygen atoms in total. The second-order valence-electron chi connectivity index (χ2n) is 6.54. The van der Waals surface area contributed by atoms with Crippen LogP contribution in [0.5, 0.6) is 0 Å². The fraction of sp³-hybridized carbons (Fsp3) is 0.500. The lowest BCUT2D eigenvalue weighted by Gasteiger charge is -2.27. The van der Waals surface area contributed by atoms with Crippen molar-refractivity contribution in [2.24, 2.45) is 0 Å². The number of hydrogen-bond acceptors (Lipinski definition) is 3. The summed E-state index contributed by atoms with van der Waals surface area (Å²) >= 11 is 0. The second-order valence-corrected chi connectivity index (χ2v) is 6.54. The third-order valence-electron chi connectivity index (χ3n) is 4.15. The van der Waals surface area contributed by atoms with Crippen LogP contribution in [0.1, 0.15) is 45.6 Å². The zero-order valence-corrected chi connectivity index (χ0v) is 16.0. The predicted molar refractivity (Wildman–Crippen MR) is 99.9 cm³/mol. The summed E-state index contributed by atoms with van der Waals surface area (Å²) in [6.07, 6.45) is 3.64. The Hall–Kier alpha value is -2.28. The smallest absolute Gasteiger partial charge is 0.224 e. The lowest BCUT2D eigenvalue weighted by molar-refractivity contribution is -0.122. The van der Waals surface area contributed by atoms with E-state index in [4.69, 9.17) is 0 Å². The van der Waals surface area contributed by atoms with Gasteiger partial charge in [-0.05, 0) is 43.9 Å². The molecule has 1 aromatic carbocycles. The molecule has 0 spiro atoms. The van der Waals surface area contributed by atoms with E-state index in [2.05, 4.69) is 10.6 Å². The highest BCUT2D eigenvalue weighted by molar-refractivity contribution is 5.77. The number of rotatable bonds is 10. The summed E-state index contributed by atoms with van der Waals surface area (Å²) in [4.78, 5) is 23.4. The van der Waals surface area contributed by atoms with Crippen molar-refractivity contribution in [2.45, 2.75) is 64.6 Å². The molecule has 150 valence electrons. The number of aliphatic hydroxyl groups excluding tert-OH is 1. The third kappa shape index (κ3) is 8.77. The molecule has 7 heteroatoms. The molecule has 0 bridgehead atoms. The summed E-state index contributed by atoms with van der Waals surface area (Å²) in [5.74, 6) is -1.95. The van der Waals surface area contributed by atoms with Crippen LogP contribution in [-0.4, -0.2) is 35.1 Å². The van der Waals surface area contributed by atoms with Gasteiger partial charge in [-0.1, -0.05) is 19.1 Å². The molecule has 0 aliphatic carbocycles. The van der Waals surface area contributed by atoms with Crippen molar-refractivity contribution in [1.29, 1.82) is 0 Å². The minimum absolute atomic E-state index is 0.0678. The Morgan fingerprint density at radius 1 is 1.19 bits per heavy atom. The van der Waals surface area contributed by atoms with E-state index in [-0.39, 0.29) is 37.1 Å². The maximum atomic E-state index is 13.4. The van der Waals surface area contributed by atoms with Gasteiger partial charge in [0.1, 0.15) is 11.6 Å². The maximum Gasteiger partial charge on any atom is 0.224 e. The predicted octanol–water partition coefficient (Wildman–Crippen LogP) is 2.62. The van der Waals surface area contributed by atoms with E-state index in [0.717, 1.165) is 6.07 Å². The first-order chi connectivity index (χ1) is 12.7. The quantitative estimate of drug-likeness (QED) is 0.545. The van der Waals surface area contributed by atoms with E-state index in [1.54, 1.807) is 12.2 Å². The van der Waals surface area contributed by atoms with Crippen molar-refractivity contribution in [1.82, 2.24) is 10.6 Å². The molecule has 0 radical (unpaired) electrons. The van der Waals surface area contributed by atoms with Crippen molar-refractivity contribution >= 4 is 11.8 Å². The summed E-state index contributed by atoms with van der Waals surface area (Å²) in [6.45, 7) is 5.01. The highest BCUT2D eigenvalue weighted by atomic mass is 19.1. The molecule has 2 amide bonds. The molecular weight excluding hydrogens is 354 g/mol. The van der Waals surface area contributed by atoms with Crippen LogP contribution in [0.3, 0.4) is 0 Å². The number of halogens is 2. The van der Waals surface area contributed by atoms with Crippen molar-refractivity contribution in [2.75, 3.05) is 0 Å². The maximum absolute atomic E-state index is 13.4. The fourth-order valence-corrected chi connectivity index (χ4v) is 2.82. The van der Waals surface area contributed by atoms with Crippen LogP contribution in [0, 0.1) is 11.6 Å². The second kappa shape index (κ2) is 11.4.